The number of carbonyl (C=O) groups is 1. The zero-order chi connectivity index (χ0) is 17.2. The molecule has 1 N–H and O–H groups in total. The molecule has 124 valence electrons. The van der Waals surface area contributed by atoms with Crippen molar-refractivity contribution in [2.75, 3.05) is 5.32 Å². The highest BCUT2D eigenvalue weighted by molar-refractivity contribution is 7.07. The van der Waals surface area contributed by atoms with Crippen LogP contribution in [0, 0.1) is 13.8 Å². The van der Waals surface area contributed by atoms with Gasteiger partial charge < -0.3 is 9.88 Å². The van der Waals surface area contributed by atoms with E-state index < -0.39 is 17.6 Å². The van der Waals surface area contributed by atoms with Gasteiger partial charge in [-0.15, -0.1) is 0 Å². The van der Waals surface area contributed by atoms with E-state index in [9.17, 15) is 22.8 Å². The van der Waals surface area contributed by atoms with Crippen molar-refractivity contribution in [2.24, 2.45) is 0 Å². The third-order valence-electron chi connectivity index (χ3n) is 3.37. The number of nitrogens with one attached hydrogen (secondary N) is 1. The lowest BCUT2D eigenvalue weighted by Crippen LogP contribution is -2.20. The predicted molar refractivity (Wildman–Crippen MR) is 82.7 cm³/mol. The van der Waals surface area contributed by atoms with E-state index in [0.717, 1.165) is 23.1 Å². The molecule has 0 aliphatic rings. The molecular formula is C15H15F3N2O2S. The topological polar surface area (TPSA) is 51.1 Å². The van der Waals surface area contributed by atoms with Gasteiger partial charge in [0.2, 0.25) is 5.91 Å². The summed E-state index contributed by atoms with van der Waals surface area (Å²) < 4.78 is 40.0. The quantitative estimate of drug-likeness (QED) is 0.922. The summed E-state index contributed by atoms with van der Waals surface area (Å²) >= 11 is 1.04. The molecule has 0 aliphatic carbocycles. The van der Waals surface area contributed by atoms with Gasteiger partial charge in [0.15, 0.2) is 0 Å². The SMILES string of the molecule is Cc1ccc(NC(=O)CCn2c(C)csc2=O)cc1C(F)(F)F. The summed E-state index contributed by atoms with van der Waals surface area (Å²) in [5.74, 6) is -0.445. The second-order valence-corrected chi connectivity index (χ2v) is 5.94. The molecule has 0 fully saturated rings. The molecule has 0 saturated carbocycles. The van der Waals surface area contributed by atoms with Crippen LogP contribution in [0.2, 0.25) is 0 Å². The van der Waals surface area contributed by atoms with Crippen LogP contribution in [0.5, 0.6) is 0 Å². The normalized spacial score (nSPS) is 11.5. The smallest absolute Gasteiger partial charge is 0.326 e. The second kappa shape index (κ2) is 6.57. The van der Waals surface area contributed by atoms with Crippen LogP contribution in [-0.2, 0) is 17.5 Å². The van der Waals surface area contributed by atoms with Crippen LogP contribution in [-0.4, -0.2) is 10.5 Å². The minimum atomic E-state index is -4.47. The average molecular weight is 344 g/mol. The van der Waals surface area contributed by atoms with Gasteiger partial charge in [-0.25, -0.2) is 0 Å². The Morgan fingerprint density at radius 3 is 2.57 bits per heavy atom. The number of aryl methyl sites for hydroxylation is 2. The van der Waals surface area contributed by atoms with Gasteiger partial charge in [-0.1, -0.05) is 17.4 Å². The Morgan fingerprint density at radius 2 is 2.00 bits per heavy atom. The van der Waals surface area contributed by atoms with Crippen LogP contribution in [0.1, 0.15) is 23.2 Å². The Balaban J connectivity index is 2.05. The maximum absolute atomic E-state index is 12.8. The van der Waals surface area contributed by atoms with Gasteiger partial charge in [-0.3, -0.25) is 9.59 Å². The lowest BCUT2D eigenvalue weighted by atomic mass is 10.1. The lowest BCUT2D eigenvalue weighted by Gasteiger charge is -2.13. The molecular weight excluding hydrogens is 329 g/mol. The molecule has 0 bridgehead atoms. The highest BCUT2D eigenvalue weighted by atomic mass is 32.1. The largest absolute Gasteiger partial charge is 0.416 e. The minimum absolute atomic E-state index is 0.00665. The van der Waals surface area contributed by atoms with Crippen molar-refractivity contribution in [3.63, 3.8) is 0 Å². The third-order valence-corrected chi connectivity index (χ3v) is 4.25. The molecule has 0 spiro atoms. The highest BCUT2D eigenvalue weighted by Crippen LogP contribution is 2.33. The van der Waals surface area contributed by atoms with Gasteiger partial charge in [0.05, 0.1) is 5.56 Å². The first-order valence-corrected chi connectivity index (χ1v) is 7.69. The number of rotatable bonds is 4. The molecule has 1 aromatic carbocycles. The molecule has 0 radical (unpaired) electrons. The molecule has 1 heterocycles. The van der Waals surface area contributed by atoms with Crippen LogP contribution < -0.4 is 10.2 Å². The van der Waals surface area contributed by atoms with Crippen molar-refractivity contribution in [3.05, 3.63) is 50.1 Å². The number of nitrogens with zero attached hydrogens (tertiary/aromatic N) is 1. The summed E-state index contributed by atoms with van der Waals surface area (Å²) in [4.78, 5) is 23.2. The molecule has 0 unspecified atom stereocenters. The number of amides is 1. The Bertz CT molecular complexity index is 778. The molecule has 1 aromatic heterocycles. The monoisotopic (exact) mass is 344 g/mol. The number of thiazole rings is 1. The van der Waals surface area contributed by atoms with E-state index in [1.807, 2.05) is 0 Å². The summed E-state index contributed by atoms with van der Waals surface area (Å²) in [7, 11) is 0. The molecule has 8 heteroatoms. The predicted octanol–water partition coefficient (Wildman–Crippen LogP) is 3.57. The maximum Gasteiger partial charge on any atom is 0.416 e. The number of alkyl halides is 3. The molecule has 2 rings (SSSR count). The van der Waals surface area contributed by atoms with E-state index in [1.54, 1.807) is 12.3 Å². The Kier molecular flexibility index (Phi) is 4.93. The number of hydrogen-bond acceptors (Lipinski definition) is 3. The lowest BCUT2D eigenvalue weighted by molar-refractivity contribution is -0.138. The fraction of sp³-hybridized carbons (Fsp3) is 0.333. The van der Waals surface area contributed by atoms with Crippen molar-refractivity contribution < 1.29 is 18.0 Å². The van der Waals surface area contributed by atoms with Crippen LogP contribution in [0.4, 0.5) is 18.9 Å². The maximum atomic E-state index is 12.8. The van der Waals surface area contributed by atoms with Crippen molar-refractivity contribution >= 4 is 22.9 Å². The van der Waals surface area contributed by atoms with E-state index in [0.29, 0.717) is 0 Å². The van der Waals surface area contributed by atoms with Gasteiger partial charge in [-0.2, -0.15) is 13.2 Å². The van der Waals surface area contributed by atoms with E-state index in [1.165, 1.54) is 23.6 Å². The van der Waals surface area contributed by atoms with E-state index >= 15 is 0 Å². The molecule has 0 atom stereocenters. The zero-order valence-electron chi connectivity index (χ0n) is 12.5. The molecule has 1 amide bonds. The van der Waals surface area contributed by atoms with Crippen LogP contribution >= 0.6 is 11.3 Å². The van der Waals surface area contributed by atoms with Crippen molar-refractivity contribution in [1.82, 2.24) is 4.57 Å². The fourth-order valence-corrected chi connectivity index (χ4v) is 2.88. The minimum Gasteiger partial charge on any atom is -0.326 e. The number of carbonyl (C=O) groups excluding carboxylic acids is 1. The summed E-state index contributed by atoms with van der Waals surface area (Å²) in [5, 5.41) is 4.12. The van der Waals surface area contributed by atoms with Gasteiger partial charge in [0.1, 0.15) is 0 Å². The van der Waals surface area contributed by atoms with Gasteiger partial charge in [0, 0.05) is 29.7 Å². The van der Waals surface area contributed by atoms with E-state index in [4.69, 9.17) is 0 Å². The number of anilines is 1. The highest BCUT2D eigenvalue weighted by Gasteiger charge is 2.32. The Morgan fingerprint density at radius 1 is 1.30 bits per heavy atom. The molecule has 2 aromatic rings. The number of halogens is 3. The van der Waals surface area contributed by atoms with Crippen molar-refractivity contribution in [2.45, 2.75) is 33.0 Å². The molecule has 0 aliphatic heterocycles. The molecule has 23 heavy (non-hydrogen) atoms. The van der Waals surface area contributed by atoms with Gasteiger partial charge >= 0.3 is 11.0 Å². The van der Waals surface area contributed by atoms with Crippen molar-refractivity contribution in [3.8, 4) is 0 Å². The van der Waals surface area contributed by atoms with Crippen molar-refractivity contribution in [1.29, 1.82) is 0 Å². The standard InChI is InChI=1S/C15H15F3N2O2S/c1-9-3-4-11(7-12(9)15(16,17)18)19-13(21)5-6-20-10(2)8-23-14(20)22/h3-4,7-8H,5-6H2,1-2H3,(H,19,21). The second-order valence-electron chi connectivity index (χ2n) is 5.12. The van der Waals surface area contributed by atoms with Gasteiger partial charge in [0.25, 0.3) is 0 Å². The van der Waals surface area contributed by atoms with E-state index in [-0.39, 0.29) is 29.1 Å². The van der Waals surface area contributed by atoms with Crippen LogP contribution in [0.3, 0.4) is 0 Å². The number of aromatic nitrogens is 1. The summed E-state index contributed by atoms with van der Waals surface area (Å²) in [6.07, 6.45) is -4.46. The number of hydrogen-bond donors (Lipinski definition) is 1. The summed E-state index contributed by atoms with van der Waals surface area (Å²) in [6.45, 7) is 3.31. The fourth-order valence-electron chi connectivity index (χ4n) is 2.12. The average Bonchev–Trinajstić information content (AvgIpc) is 2.77. The first-order valence-electron chi connectivity index (χ1n) is 6.81. The summed E-state index contributed by atoms with van der Waals surface area (Å²) in [6, 6.07) is 3.64. The van der Waals surface area contributed by atoms with E-state index in [2.05, 4.69) is 5.32 Å². The van der Waals surface area contributed by atoms with Crippen LogP contribution in [0.25, 0.3) is 0 Å². The Hall–Kier alpha value is -2.09. The first-order chi connectivity index (χ1) is 10.7. The zero-order valence-corrected chi connectivity index (χ0v) is 13.3. The summed E-state index contributed by atoms with van der Waals surface area (Å²) in [5.41, 5.74) is 0.154. The molecule has 4 nitrogen and oxygen atoms in total. The van der Waals surface area contributed by atoms with Crippen LogP contribution in [0.15, 0.2) is 28.4 Å². The molecule has 0 saturated heterocycles. The third kappa shape index (κ3) is 4.22. The number of benzene rings is 1. The first kappa shape index (κ1) is 17.3. The Labute approximate surface area is 134 Å². The van der Waals surface area contributed by atoms with Gasteiger partial charge in [-0.05, 0) is 31.5 Å².